The molecular formula is C12H12FN3O. The van der Waals surface area contributed by atoms with Gasteiger partial charge in [-0.15, -0.1) is 0 Å². The van der Waals surface area contributed by atoms with E-state index in [-0.39, 0.29) is 11.7 Å². The number of carbonyl (C=O) groups is 1. The molecule has 1 heterocycles. The number of nitrogens with one attached hydrogen (secondary N) is 2. The van der Waals surface area contributed by atoms with Crippen molar-refractivity contribution in [2.75, 3.05) is 5.32 Å². The third-order valence-electron chi connectivity index (χ3n) is 2.49. The molecule has 0 aliphatic rings. The van der Waals surface area contributed by atoms with E-state index in [1.165, 1.54) is 18.3 Å². The molecule has 5 heteroatoms. The molecule has 0 saturated heterocycles. The van der Waals surface area contributed by atoms with Crippen molar-refractivity contribution in [2.24, 2.45) is 0 Å². The molecule has 2 rings (SSSR count). The van der Waals surface area contributed by atoms with Crippen LogP contribution in [0.4, 0.5) is 10.1 Å². The van der Waals surface area contributed by atoms with Gasteiger partial charge >= 0.3 is 0 Å². The first kappa shape index (κ1) is 11.3. The molecule has 0 atom stereocenters. The van der Waals surface area contributed by atoms with Crippen molar-refractivity contribution >= 4 is 11.6 Å². The van der Waals surface area contributed by atoms with E-state index >= 15 is 0 Å². The molecule has 1 aromatic heterocycles. The van der Waals surface area contributed by atoms with Gasteiger partial charge < -0.3 is 5.32 Å². The molecule has 0 bridgehead atoms. The molecule has 4 nitrogen and oxygen atoms in total. The van der Waals surface area contributed by atoms with Crippen molar-refractivity contribution < 1.29 is 9.18 Å². The summed E-state index contributed by atoms with van der Waals surface area (Å²) in [6, 6.07) is 4.44. The highest BCUT2D eigenvalue weighted by Crippen LogP contribution is 2.15. The molecule has 88 valence electrons. The Balaban J connectivity index is 2.19. The Morgan fingerprint density at radius 2 is 2.18 bits per heavy atom. The van der Waals surface area contributed by atoms with Crippen molar-refractivity contribution in [1.82, 2.24) is 10.2 Å². The van der Waals surface area contributed by atoms with Gasteiger partial charge in [0.25, 0.3) is 5.91 Å². The third-order valence-corrected chi connectivity index (χ3v) is 2.49. The Morgan fingerprint density at radius 3 is 2.76 bits per heavy atom. The Morgan fingerprint density at radius 1 is 1.41 bits per heavy atom. The first-order valence-corrected chi connectivity index (χ1v) is 5.15. The van der Waals surface area contributed by atoms with Gasteiger partial charge in [-0.25, -0.2) is 4.39 Å². The molecule has 1 aromatic carbocycles. The summed E-state index contributed by atoms with van der Waals surface area (Å²) in [5.41, 5.74) is 2.23. The Labute approximate surface area is 97.9 Å². The van der Waals surface area contributed by atoms with Crippen molar-refractivity contribution in [1.29, 1.82) is 0 Å². The summed E-state index contributed by atoms with van der Waals surface area (Å²) in [5, 5.41) is 9.14. The van der Waals surface area contributed by atoms with E-state index in [0.717, 1.165) is 0 Å². The number of aryl methyl sites for hydroxylation is 2. The van der Waals surface area contributed by atoms with Gasteiger partial charge in [0.05, 0.1) is 11.8 Å². The van der Waals surface area contributed by atoms with Gasteiger partial charge in [-0.2, -0.15) is 5.10 Å². The van der Waals surface area contributed by atoms with Gasteiger partial charge in [0, 0.05) is 11.4 Å². The number of aromatic nitrogens is 2. The van der Waals surface area contributed by atoms with Crippen LogP contribution in [0.3, 0.4) is 0 Å². The largest absolute Gasteiger partial charge is 0.322 e. The molecule has 0 radical (unpaired) electrons. The number of H-pyrrole nitrogens is 1. The zero-order valence-electron chi connectivity index (χ0n) is 9.54. The normalized spacial score (nSPS) is 10.3. The fraction of sp³-hybridized carbons (Fsp3) is 0.167. The first-order valence-electron chi connectivity index (χ1n) is 5.15. The first-order chi connectivity index (χ1) is 8.08. The maximum Gasteiger partial charge on any atom is 0.259 e. The number of anilines is 1. The zero-order chi connectivity index (χ0) is 12.4. The van der Waals surface area contributed by atoms with E-state index < -0.39 is 0 Å². The second-order valence-electron chi connectivity index (χ2n) is 3.83. The lowest BCUT2D eigenvalue weighted by atomic mass is 10.2. The molecule has 2 N–H and O–H groups in total. The summed E-state index contributed by atoms with van der Waals surface area (Å²) in [5.74, 6) is -0.551. The summed E-state index contributed by atoms with van der Waals surface area (Å²) in [6.45, 7) is 3.41. The highest BCUT2D eigenvalue weighted by atomic mass is 19.1. The predicted molar refractivity (Wildman–Crippen MR) is 62.4 cm³/mol. The number of halogens is 1. The number of rotatable bonds is 2. The van der Waals surface area contributed by atoms with Gasteiger partial charge in [0.2, 0.25) is 0 Å². The van der Waals surface area contributed by atoms with Crippen LogP contribution in [0.25, 0.3) is 0 Å². The highest BCUT2D eigenvalue weighted by molar-refractivity contribution is 6.04. The van der Waals surface area contributed by atoms with E-state index in [4.69, 9.17) is 0 Å². The Kier molecular flexibility index (Phi) is 2.91. The summed E-state index contributed by atoms with van der Waals surface area (Å²) in [6.07, 6.45) is 1.46. The quantitative estimate of drug-likeness (QED) is 0.836. The average molecular weight is 233 g/mol. The van der Waals surface area contributed by atoms with Gasteiger partial charge in [-0.3, -0.25) is 9.89 Å². The maximum atomic E-state index is 13.0. The SMILES string of the molecule is Cc1cc(NC(=O)c2cn[nH]c2C)ccc1F. The molecule has 17 heavy (non-hydrogen) atoms. The lowest BCUT2D eigenvalue weighted by Gasteiger charge is -2.05. The van der Waals surface area contributed by atoms with Crippen molar-refractivity contribution in [3.8, 4) is 0 Å². The minimum atomic E-state index is -0.289. The number of aromatic amines is 1. The maximum absolute atomic E-state index is 13.0. The monoisotopic (exact) mass is 233 g/mol. The molecule has 2 aromatic rings. The van der Waals surface area contributed by atoms with Gasteiger partial charge in [0.15, 0.2) is 0 Å². The van der Waals surface area contributed by atoms with E-state index in [0.29, 0.717) is 22.5 Å². The van der Waals surface area contributed by atoms with Crippen LogP contribution in [0.15, 0.2) is 24.4 Å². The summed E-state index contributed by atoms with van der Waals surface area (Å²) in [7, 11) is 0. The van der Waals surface area contributed by atoms with E-state index in [2.05, 4.69) is 15.5 Å². The number of hydrogen-bond donors (Lipinski definition) is 2. The number of benzene rings is 1. The van der Waals surface area contributed by atoms with Crippen LogP contribution < -0.4 is 5.32 Å². The molecule has 0 saturated carbocycles. The lowest BCUT2D eigenvalue weighted by molar-refractivity contribution is 0.102. The topological polar surface area (TPSA) is 57.8 Å². The number of carbonyl (C=O) groups excluding carboxylic acids is 1. The Hall–Kier alpha value is -2.17. The van der Waals surface area contributed by atoms with Crippen molar-refractivity contribution in [2.45, 2.75) is 13.8 Å². The lowest BCUT2D eigenvalue weighted by Crippen LogP contribution is -2.12. The van der Waals surface area contributed by atoms with Crippen LogP contribution in [0.2, 0.25) is 0 Å². The Bertz CT molecular complexity index is 563. The predicted octanol–water partition coefficient (Wildman–Crippen LogP) is 2.42. The minimum absolute atomic E-state index is 0.262. The third kappa shape index (κ3) is 2.33. The smallest absolute Gasteiger partial charge is 0.259 e. The van der Waals surface area contributed by atoms with Crippen LogP contribution in [0.5, 0.6) is 0 Å². The number of amides is 1. The number of hydrogen-bond acceptors (Lipinski definition) is 2. The molecule has 0 aliphatic heterocycles. The summed E-state index contributed by atoms with van der Waals surface area (Å²) in [4.78, 5) is 11.8. The van der Waals surface area contributed by atoms with Gasteiger partial charge in [-0.05, 0) is 37.6 Å². The van der Waals surface area contributed by atoms with E-state index in [1.807, 2.05) is 0 Å². The second kappa shape index (κ2) is 4.37. The van der Waals surface area contributed by atoms with Gasteiger partial charge in [-0.1, -0.05) is 0 Å². The van der Waals surface area contributed by atoms with Crippen LogP contribution >= 0.6 is 0 Å². The highest BCUT2D eigenvalue weighted by Gasteiger charge is 2.11. The second-order valence-corrected chi connectivity index (χ2v) is 3.83. The minimum Gasteiger partial charge on any atom is -0.322 e. The molecule has 0 aliphatic carbocycles. The zero-order valence-corrected chi connectivity index (χ0v) is 9.54. The van der Waals surface area contributed by atoms with E-state index in [1.54, 1.807) is 19.9 Å². The van der Waals surface area contributed by atoms with E-state index in [9.17, 15) is 9.18 Å². The van der Waals surface area contributed by atoms with Crippen LogP contribution in [0.1, 0.15) is 21.6 Å². The molecular weight excluding hydrogens is 221 g/mol. The van der Waals surface area contributed by atoms with Crippen LogP contribution in [-0.2, 0) is 0 Å². The summed E-state index contributed by atoms with van der Waals surface area (Å²) >= 11 is 0. The standard InChI is InChI=1S/C12H12FN3O/c1-7-5-9(3-4-11(7)13)15-12(17)10-6-14-16-8(10)2/h3-6H,1-2H3,(H,14,16)(H,15,17). The van der Waals surface area contributed by atoms with Crippen LogP contribution in [0, 0.1) is 19.7 Å². The molecule has 1 amide bonds. The fourth-order valence-electron chi connectivity index (χ4n) is 1.50. The molecule has 0 unspecified atom stereocenters. The van der Waals surface area contributed by atoms with Crippen LogP contribution in [-0.4, -0.2) is 16.1 Å². The summed E-state index contributed by atoms with van der Waals surface area (Å²) < 4.78 is 13.0. The fourth-order valence-corrected chi connectivity index (χ4v) is 1.50. The average Bonchev–Trinajstić information content (AvgIpc) is 2.70. The van der Waals surface area contributed by atoms with Gasteiger partial charge in [0.1, 0.15) is 5.82 Å². The molecule has 0 fully saturated rings. The number of nitrogens with zero attached hydrogens (tertiary/aromatic N) is 1. The van der Waals surface area contributed by atoms with Crippen molar-refractivity contribution in [3.05, 3.63) is 47.0 Å². The molecule has 0 spiro atoms. The van der Waals surface area contributed by atoms with Crippen molar-refractivity contribution in [3.63, 3.8) is 0 Å².